The number of nitrogens with one attached hydrogen (secondary N) is 1. The van der Waals surface area contributed by atoms with E-state index in [1.165, 1.54) is 0 Å². The summed E-state index contributed by atoms with van der Waals surface area (Å²) in [5.74, 6) is 0. The first-order valence-corrected chi connectivity index (χ1v) is 3.61. The van der Waals surface area contributed by atoms with Gasteiger partial charge in [0.15, 0.2) is 0 Å². The lowest BCUT2D eigenvalue weighted by Gasteiger charge is -1.82. The summed E-state index contributed by atoms with van der Waals surface area (Å²) in [6.45, 7) is 6.06. The van der Waals surface area contributed by atoms with Crippen LogP contribution in [0.1, 0.15) is 27.2 Å². The molecule has 0 aromatic rings. The fourth-order valence-electron chi connectivity index (χ4n) is 0.262. The Morgan fingerprint density at radius 1 is 1.40 bits per heavy atom. The van der Waals surface area contributed by atoms with Gasteiger partial charge in [0.1, 0.15) is 0 Å². The van der Waals surface area contributed by atoms with Crippen LogP contribution < -0.4 is 5.43 Å². The van der Waals surface area contributed by atoms with Crippen LogP contribution in [0.4, 0.5) is 0 Å². The van der Waals surface area contributed by atoms with Crippen LogP contribution in [0, 0.1) is 0 Å². The van der Waals surface area contributed by atoms with Gasteiger partial charge in [-0.2, -0.15) is 5.11 Å². The van der Waals surface area contributed by atoms with E-state index in [4.69, 9.17) is 0 Å². The number of hydrogen-bond donors (Lipinski definition) is 1. The van der Waals surface area contributed by atoms with E-state index in [2.05, 4.69) is 22.7 Å². The van der Waals surface area contributed by atoms with E-state index in [1.54, 1.807) is 13.2 Å². The standard InChI is InChI=1S/C5H11N3.C2H6/c1-3-4-5-7-8-6-2;1-2/h4-5H,3H2,1-2H3,(H,6,7);1-2H3/b5-4-;. The van der Waals surface area contributed by atoms with Gasteiger partial charge in [0.25, 0.3) is 0 Å². The predicted octanol–water partition coefficient (Wildman–Crippen LogP) is 2.52. The van der Waals surface area contributed by atoms with Gasteiger partial charge < -0.3 is 0 Å². The molecule has 0 unspecified atom stereocenters. The van der Waals surface area contributed by atoms with Crippen molar-refractivity contribution >= 4 is 0 Å². The van der Waals surface area contributed by atoms with Crippen molar-refractivity contribution in [3.63, 3.8) is 0 Å². The van der Waals surface area contributed by atoms with Gasteiger partial charge in [-0.1, -0.05) is 32.1 Å². The van der Waals surface area contributed by atoms with Gasteiger partial charge in [0.05, 0.1) is 7.05 Å². The van der Waals surface area contributed by atoms with Crippen LogP contribution in [0.5, 0.6) is 0 Å². The van der Waals surface area contributed by atoms with Crippen LogP contribution in [0.25, 0.3) is 0 Å². The average Bonchev–Trinajstić information content (AvgIpc) is 2.02. The van der Waals surface area contributed by atoms with Crippen molar-refractivity contribution in [2.75, 3.05) is 7.05 Å². The van der Waals surface area contributed by atoms with Crippen LogP contribution >= 0.6 is 0 Å². The Bertz CT molecular complexity index is 86.9. The summed E-state index contributed by atoms with van der Waals surface area (Å²) < 4.78 is 0. The van der Waals surface area contributed by atoms with E-state index in [9.17, 15) is 0 Å². The number of nitrogens with zero attached hydrogens (tertiary/aromatic N) is 2. The lowest BCUT2D eigenvalue weighted by molar-refractivity contribution is 0.849. The van der Waals surface area contributed by atoms with Gasteiger partial charge in [0.2, 0.25) is 0 Å². The average molecular weight is 143 g/mol. The molecule has 60 valence electrons. The maximum Gasteiger partial charge on any atom is 0.0509 e. The monoisotopic (exact) mass is 143 g/mol. The summed E-state index contributed by atoms with van der Waals surface area (Å²) in [7, 11) is 1.62. The molecule has 0 saturated heterocycles. The zero-order valence-electron chi connectivity index (χ0n) is 7.26. The molecule has 0 atom stereocenters. The quantitative estimate of drug-likeness (QED) is 0.478. The number of allylic oxidation sites excluding steroid dienone is 1. The molecule has 1 N–H and O–H groups in total. The van der Waals surface area contributed by atoms with E-state index in [0.717, 1.165) is 6.42 Å². The Kier molecular flexibility index (Phi) is 18.7. The highest BCUT2D eigenvalue weighted by Gasteiger charge is 1.62. The van der Waals surface area contributed by atoms with Gasteiger partial charge in [-0.3, -0.25) is 5.43 Å². The first-order valence-electron chi connectivity index (χ1n) is 3.61. The highest BCUT2D eigenvalue weighted by Crippen LogP contribution is 1.74. The minimum Gasteiger partial charge on any atom is -0.268 e. The largest absolute Gasteiger partial charge is 0.268 e. The molecule has 0 rings (SSSR count). The zero-order valence-corrected chi connectivity index (χ0v) is 7.26. The van der Waals surface area contributed by atoms with Crippen LogP contribution in [0.15, 0.2) is 22.6 Å². The van der Waals surface area contributed by atoms with E-state index >= 15 is 0 Å². The van der Waals surface area contributed by atoms with Crippen molar-refractivity contribution in [1.29, 1.82) is 0 Å². The normalized spacial score (nSPS) is 9.60. The van der Waals surface area contributed by atoms with E-state index in [1.807, 2.05) is 19.9 Å². The Labute approximate surface area is 63.2 Å². The summed E-state index contributed by atoms with van der Waals surface area (Å²) in [5.41, 5.74) is 2.61. The third kappa shape index (κ3) is 15.7. The minimum absolute atomic E-state index is 1.02. The Morgan fingerprint density at radius 3 is 2.40 bits per heavy atom. The second-order valence-corrected chi connectivity index (χ2v) is 1.24. The molecule has 0 amide bonds. The van der Waals surface area contributed by atoms with Crippen molar-refractivity contribution in [3.05, 3.63) is 12.3 Å². The van der Waals surface area contributed by atoms with Crippen molar-refractivity contribution in [2.45, 2.75) is 27.2 Å². The van der Waals surface area contributed by atoms with Crippen molar-refractivity contribution in [1.82, 2.24) is 5.43 Å². The molecule has 0 spiro atoms. The summed E-state index contributed by atoms with van der Waals surface area (Å²) in [6.07, 6.45) is 4.74. The predicted molar refractivity (Wildman–Crippen MR) is 44.7 cm³/mol. The molecule has 0 radical (unpaired) electrons. The molecule has 10 heavy (non-hydrogen) atoms. The fraction of sp³-hybridized carbons (Fsp3) is 0.714. The molecule has 0 heterocycles. The van der Waals surface area contributed by atoms with Crippen LogP contribution in [0.3, 0.4) is 0 Å². The lowest BCUT2D eigenvalue weighted by atomic mass is 10.5. The maximum atomic E-state index is 3.50. The molecule has 3 heteroatoms. The van der Waals surface area contributed by atoms with Crippen LogP contribution in [-0.2, 0) is 0 Å². The molecule has 0 aliphatic rings. The summed E-state index contributed by atoms with van der Waals surface area (Å²) >= 11 is 0. The second-order valence-electron chi connectivity index (χ2n) is 1.24. The molecule has 0 aromatic heterocycles. The Morgan fingerprint density at radius 2 is 2.00 bits per heavy atom. The molecule has 0 aromatic carbocycles. The molecular formula is C7H17N3. The molecular weight excluding hydrogens is 126 g/mol. The molecule has 0 fully saturated rings. The first-order chi connectivity index (χ1) is 4.91. The van der Waals surface area contributed by atoms with Gasteiger partial charge in [-0.25, -0.2) is 0 Å². The van der Waals surface area contributed by atoms with Gasteiger partial charge in [-0.05, 0) is 6.42 Å². The Hall–Kier alpha value is -0.860. The topological polar surface area (TPSA) is 36.8 Å². The first kappa shape index (κ1) is 11.9. The summed E-state index contributed by atoms with van der Waals surface area (Å²) in [6, 6.07) is 0. The molecule has 0 aliphatic carbocycles. The molecule has 0 saturated carbocycles. The van der Waals surface area contributed by atoms with Crippen LogP contribution in [-0.4, -0.2) is 7.05 Å². The van der Waals surface area contributed by atoms with Gasteiger partial charge >= 0.3 is 0 Å². The minimum atomic E-state index is 1.02. The molecule has 0 aliphatic heterocycles. The smallest absolute Gasteiger partial charge is 0.0509 e. The Balaban J connectivity index is 0. The SMILES string of the molecule is CC.CC/C=C\NN=NC. The highest BCUT2D eigenvalue weighted by atomic mass is 15.4. The third-order valence-electron chi connectivity index (χ3n) is 0.586. The van der Waals surface area contributed by atoms with E-state index in [0.29, 0.717) is 0 Å². The lowest BCUT2D eigenvalue weighted by Crippen LogP contribution is -1.88. The molecule has 0 bridgehead atoms. The van der Waals surface area contributed by atoms with Crippen molar-refractivity contribution in [3.8, 4) is 0 Å². The number of hydrogen-bond acceptors (Lipinski definition) is 2. The van der Waals surface area contributed by atoms with Gasteiger partial charge in [-0.15, -0.1) is 0 Å². The summed E-state index contributed by atoms with van der Waals surface area (Å²) in [5, 5.41) is 6.97. The zero-order chi connectivity index (χ0) is 8.24. The molecule has 3 nitrogen and oxygen atoms in total. The van der Waals surface area contributed by atoms with E-state index in [-0.39, 0.29) is 0 Å². The van der Waals surface area contributed by atoms with Crippen molar-refractivity contribution < 1.29 is 0 Å². The maximum absolute atomic E-state index is 3.50. The number of rotatable bonds is 3. The van der Waals surface area contributed by atoms with Crippen LogP contribution in [0.2, 0.25) is 0 Å². The third-order valence-corrected chi connectivity index (χ3v) is 0.586. The van der Waals surface area contributed by atoms with Crippen molar-refractivity contribution in [2.24, 2.45) is 10.3 Å². The summed E-state index contributed by atoms with van der Waals surface area (Å²) in [4.78, 5) is 0. The highest BCUT2D eigenvalue weighted by molar-refractivity contribution is 4.74. The second kappa shape index (κ2) is 15.7. The fourth-order valence-corrected chi connectivity index (χ4v) is 0.262. The van der Waals surface area contributed by atoms with E-state index < -0.39 is 0 Å². The van der Waals surface area contributed by atoms with Gasteiger partial charge in [0, 0.05) is 6.20 Å².